The van der Waals surface area contributed by atoms with Gasteiger partial charge in [-0.05, 0) is 41.4 Å². The number of aromatic nitrogens is 2. The fraction of sp³-hybridized carbons (Fsp3) is 0. The maximum absolute atomic E-state index is 5.91. The Balaban J connectivity index is 2.15. The standard InChI is InChI=1S/C14H10ClN3S/c15-11-6-8-12(9-7-11)18-13(17-14(16)19-18)10-4-2-1-3-5-10/h1-9,16H/p+1. The van der Waals surface area contributed by atoms with Crippen LogP contribution in [0.15, 0.2) is 54.6 Å². The Labute approximate surface area is 120 Å². The summed E-state index contributed by atoms with van der Waals surface area (Å²) in [5, 5.41) is 1.25. The molecule has 0 aliphatic carbocycles. The van der Waals surface area contributed by atoms with Crippen molar-refractivity contribution in [2.75, 3.05) is 5.73 Å². The van der Waals surface area contributed by atoms with Crippen molar-refractivity contribution in [1.29, 1.82) is 0 Å². The van der Waals surface area contributed by atoms with Crippen LogP contribution in [-0.4, -0.2) is 4.98 Å². The average Bonchev–Trinajstić information content (AvgIpc) is 2.83. The molecule has 0 bridgehead atoms. The first kappa shape index (κ1) is 12.1. The summed E-state index contributed by atoms with van der Waals surface area (Å²) >= 11 is 7.32. The zero-order valence-electron chi connectivity index (χ0n) is 9.95. The van der Waals surface area contributed by atoms with Crippen molar-refractivity contribution in [3.05, 3.63) is 59.6 Å². The van der Waals surface area contributed by atoms with Crippen LogP contribution >= 0.6 is 23.1 Å². The molecule has 0 saturated heterocycles. The zero-order chi connectivity index (χ0) is 13.2. The molecule has 2 aromatic carbocycles. The van der Waals surface area contributed by atoms with E-state index < -0.39 is 0 Å². The van der Waals surface area contributed by atoms with E-state index in [9.17, 15) is 0 Å². The van der Waals surface area contributed by atoms with Crippen LogP contribution in [0.5, 0.6) is 0 Å². The number of rotatable bonds is 2. The third-order valence-electron chi connectivity index (χ3n) is 2.69. The lowest BCUT2D eigenvalue weighted by Crippen LogP contribution is -2.27. The third-order valence-corrected chi connectivity index (χ3v) is 3.78. The number of nitrogens with zero attached hydrogens (tertiary/aromatic N) is 2. The van der Waals surface area contributed by atoms with E-state index >= 15 is 0 Å². The molecule has 0 atom stereocenters. The first-order valence-electron chi connectivity index (χ1n) is 5.74. The fourth-order valence-electron chi connectivity index (χ4n) is 1.83. The molecule has 0 radical (unpaired) electrons. The number of benzene rings is 2. The number of hydrogen-bond donors (Lipinski definition) is 1. The number of hydrogen-bond acceptors (Lipinski definition) is 3. The highest BCUT2D eigenvalue weighted by Crippen LogP contribution is 2.20. The Morgan fingerprint density at radius 2 is 1.68 bits per heavy atom. The molecule has 0 aliphatic rings. The van der Waals surface area contributed by atoms with Crippen molar-refractivity contribution in [1.82, 2.24) is 4.98 Å². The van der Waals surface area contributed by atoms with Crippen LogP contribution in [-0.2, 0) is 0 Å². The van der Waals surface area contributed by atoms with Crippen molar-refractivity contribution in [3.8, 4) is 17.1 Å². The first-order chi connectivity index (χ1) is 9.24. The van der Waals surface area contributed by atoms with Gasteiger partial charge in [0.15, 0.2) is 0 Å². The summed E-state index contributed by atoms with van der Waals surface area (Å²) < 4.78 is 2.00. The van der Waals surface area contributed by atoms with Crippen LogP contribution in [0.3, 0.4) is 0 Å². The van der Waals surface area contributed by atoms with E-state index in [1.165, 1.54) is 11.5 Å². The lowest BCUT2D eigenvalue weighted by molar-refractivity contribution is -0.509. The molecule has 2 N–H and O–H groups in total. The van der Waals surface area contributed by atoms with Crippen LogP contribution < -0.4 is 9.69 Å². The van der Waals surface area contributed by atoms with Crippen molar-refractivity contribution in [2.45, 2.75) is 0 Å². The normalized spacial score (nSPS) is 10.6. The Kier molecular flexibility index (Phi) is 3.19. The van der Waals surface area contributed by atoms with Crippen molar-refractivity contribution in [3.63, 3.8) is 0 Å². The van der Waals surface area contributed by atoms with E-state index in [4.69, 9.17) is 17.3 Å². The van der Waals surface area contributed by atoms with E-state index in [0.717, 1.165) is 17.1 Å². The monoisotopic (exact) mass is 288 g/mol. The van der Waals surface area contributed by atoms with E-state index in [1.807, 2.05) is 58.6 Å². The molecule has 0 fully saturated rings. The number of nitrogen functional groups attached to an aromatic ring is 1. The van der Waals surface area contributed by atoms with Gasteiger partial charge in [-0.25, -0.2) is 0 Å². The molecule has 0 amide bonds. The zero-order valence-corrected chi connectivity index (χ0v) is 11.5. The summed E-state index contributed by atoms with van der Waals surface area (Å²) in [7, 11) is 0. The molecule has 0 spiro atoms. The molecule has 3 aromatic rings. The smallest absolute Gasteiger partial charge is 0.350 e. The molecule has 0 aliphatic heterocycles. The maximum atomic E-state index is 5.91. The molecule has 5 heteroatoms. The minimum atomic E-state index is 0.536. The summed E-state index contributed by atoms with van der Waals surface area (Å²) in [4.78, 5) is 4.41. The SMILES string of the molecule is Nc1nc(-c2ccccc2)[n+](-c2ccc(Cl)cc2)s1. The second-order valence-corrected chi connectivity index (χ2v) is 5.40. The molecule has 1 aromatic heterocycles. The Hall–Kier alpha value is -1.91. The molecule has 0 saturated carbocycles. The van der Waals surface area contributed by atoms with Gasteiger partial charge in [0.1, 0.15) is 17.2 Å². The van der Waals surface area contributed by atoms with Gasteiger partial charge in [-0.1, -0.05) is 29.8 Å². The molecular formula is C14H11ClN3S+. The van der Waals surface area contributed by atoms with Gasteiger partial charge in [0.05, 0.1) is 5.56 Å². The van der Waals surface area contributed by atoms with Crippen LogP contribution in [0.25, 0.3) is 17.1 Å². The van der Waals surface area contributed by atoms with Gasteiger partial charge in [0, 0.05) is 5.02 Å². The lowest BCUT2D eigenvalue weighted by atomic mass is 10.2. The van der Waals surface area contributed by atoms with Gasteiger partial charge in [-0.2, -0.15) is 0 Å². The van der Waals surface area contributed by atoms with Crippen LogP contribution in [0.1, 0.15) is 0 Å². The Morgan fingerprint density at radius 1 is 1.00 bits per heavy atom. The van der Waals surface area contributed by atoms with Gasteiger partial charge in [-0.3, -0.25) is 0 Å². The first-order valence-corrected chi connectivity index (χ1v) is 6.89. The molecule has 1 heterocycles. The molecule has 3 rings (SSSR count). The van der Waals surface area contributed by atoms with E-state index in [0.29, 0.717) is 10.2 Å². The molecule has 0 unspecified atom stereocenters. The predicted octanol–water partition coefficient (Wildman–Crippen LogP) is 3.32. The van der Waals surface area contributed by atoms with Crippen LogP contribution in [0.2, 0.25) is 5.02 Å². The van der Waals surface area contributed by atoms with Crippen molar-refractivity contribution in [2.24, 2.45) is 0 Å². The average molecular weight is 289 g/mol. The highest BCUT2D eigenvalue weighted by molar-refractivity contribution is 7.05. The molecular weight excluding hydrogens is 278 g/mol. The van der Waals surface area contributed by atoms with Crippen LogP contribution in [0, 0.1) is 0 Å². The molecule has 94 valence electrons. The highest BCUT2D eigenvalue weighted by atomic mass is 35.5. The number of nitrogens with two attached hydrogens (primary N) is 1. The third kappa shape index (κ3) is 2.45. The summed E-state index contributed by atoms with van der Waals surface area (Å²) in [6.45, 7) is 0. The van der Waals surface area contributed by atoms with Crippen LogP contribution in [0.4, 0.5) is 5.13 Å². The van der Waals surface area contributed by atoms with Crippen molar-refractivity contribution >= 4 is 28.3 Å². The largest absolute Gasteiger partial charge is 0.351 e. The molecule has 3 nitrogen and oxygen atoms in total. The topological polar surface area (TPSA) is 42.8 Å². The summed E-state index contributed by atoms with van der Waals surface area (Å²) in [5.41, 5.74) is 7.87. The lowest BCUT2D eigenvalue weighted by Gasteiger charge is -1.98. The highest BCUT2D eigenvalue weighted by Gasteiger charge is 2.22. The molecule has 19 heavy (non-hydrogen) atoms. The predicted molar refractivity (Wildman–Crippen MR) is 78.5 cm³/mol. The van der Waals surface area contributed by atoms with Gasteiger partial charge < -0.3 is 5.73 Å². The van der Waals surface area contributed by atoms with Gasteiger partial charge >= 0.3 is 11.0 Å². The second kappa shape index (κ2) is 4.99. The summed E-state index contributed by atoms with van der Waals surface area (Å²) in [6.07, 6.45) is 0. The Morgan fingerprint density at radius 3 is 2.37 bits per heavy atom. The summed E-state index contributed by atoms with van der Waals surface area (Å²) in [5.74, 6) is 0.838. The quantitative estimate of drug-likeness (QED) is 0.735. The van der Waals surface area contributed by atoms with E-state index in [1.54, 1.807) is 0 Å². The van der Waals surface area contributed by atoms with Gasteiger partial charge in [-0.15, -0.1) is 3.96 Å². The number of halogens is 1. The maximum Gasteiger partial charge on any atom is 0.350 e. The summed E-state index contributed by atoms with van der Waals surface area (Å²) in [6, 6.07) is 17.6. The number of anilines is 1. The minimum absolute atomic E-state index is 0.536. The van der Waals surface area contributed by atoms with Gasteiger partial charge in [0.2, 0.25) is 0 Å². The van der Waals surface area contributed by atoms with E-state index in [2.05, 4.69) is 4.98 Å². The Bertz CT molecular complexity index is 692. The van der Waals surface area contributed by atoms with E-state index in [-0.39, 0.29) is 0 Å². The van der Waals surface area contributed by atoms with Crippen molar-refractivity contribution < 1.29 is 3.96 Å². The fourth-order valence-corrected chi connectivity index (χ4v) is 2.73. The minimum Gasteiger partial charge on any atom is -0.351 e. The second-order valence-electron chi connectivity index (χ2n) is 4.00. The van der Waals surface area contributed by atoms with Gasteiger partial charge in [0.25, 0.3) is 0 Å².